The molecule has 160 valence electrons. The molecule has 3 aliphatic rings. The Labute approximate surface area is 177 Å². The minimum Gasteiger partial charge on any atom is -0.371 e. The van der Waals surface area contributed by atoms with Crippen molar-refractivity contribution in [1.29, 1.82) is 0 Å². The van der Waals surface area contributed by atoms with Crippen molar-refractivity contribution >= 4 is 5.70 Å². The van der Waals surface area contributed by atoms with Crippen LogP contribution in [0.25, 0.3) is 5.70 Å². The van der Waals surface area contributed by atoms with E-state index < -0.39 is 0 Å². The van der Waals surface area contributed by atoms with Crippen molar-refractivity contribution in [2.75, 3.05) is 13.1 Å². The van der Waals surface area contributed by atoms with Crippen molar-refractivity contribution in [3.63, 3.8) is 0 Å². The first-order valence-corrected chi connectivity index (χ1v) is 12.2. The van der Waals surface area contributed by atoms with E-state index in [0.717, 1.165) is 42.6 Å². The molecule has 1 aromatic rings. The van der Waals surface area contributed by atoms with E-state index in [4.69, 9.17) is 0 Å². The largest absolute Gasteiger partial charge is 0.371 e. The average molecular weight is 398 g/mol. The van der Waals surface area contributed by atoms with Crippen LogP contribution in [0, 0.1) is 23.1 Å². The van der Waals surface area contributed by atoms with Crippen LogP contribution in [-0.2, 0) is 6.42 Å². The number of halogens is 1. The summed E-state index contributed by atoms with van der Waals surface area (Å²) < 4.78 is 15.2. The van der Waals surface area contributed by atoms with E-state index in [9.17, 15) is 0 Å². The van der Waals surface area contributed by atoms with Crippen LogP contribution in [0.3, 0.4) is 0 Å². The second-order valence-electron chi connectivity index (χ2n) is 10.3. The zero-order valence-electron chi connectivity index (χ0n) is 18.9. The van der Waals surface area contributed by atoms with Gasteiger partial charge in [-0.3, -0.25) is 0 Å². The third kappa shape index (κ3) is 4.14. The summed E-state index contributed by atoms with van der Waals surface area (Å²) in [5.74, 6) is 2.27. The van der Waals surface area contributed by atoms with Gasteiger partial charge in [0.2, 0.25) is 0 Å². The zero-order chi connectivity index (χ0) is 20.6. The van der Waals surface area contributed by atoms with E-state index >= 15 is 4.39 Å². The average Bonchev–Trinajstić information content (AvgIpc) is 3.30. The van der Waals surface area contributed by atoms with Crippen molar-refractivity contribution < 1.29 is 4.39 Å². The fourth-order valence-corrected chi connectivity index (χ4v) is 6.58. The number of benzene rings is 1. The van der Waals surface area contributed by atoms with Crippen LogP contribution >= 0.6 is 0 Å². The minimum atomic E-state index is -0.0568. The molecule has 0 spiro atoms. The highest BCUT2D eigenvalue weighted by Crippen LogP contribution is 2.53. The lowest BCUT2D eigenvalue weighted by atomic mass is 9.70. The summed E-state index contributed by atoms with van der Waals surface area (Å²) in [6, 6.07) is 4.06. The lowest BCUT2D eigenvalue weighted by Crippen LogP contribution is -2.25. The Morgan fingerprint density at radius 1 is 1.21 bits per heavy atom. The Balaban J connectivity index is 1.57. The first-order chi connectivity index (χ1) is 14.0. The van der Waals surface area contributed by atoms with Crippen molar-refractivity contribution in [1.82, 2.24) is 4.90 Å². The predicted octanol–water partition coefficient (Wildman–Crippen LogP) is 7.55. The number of hydrogen-bond donors (Lipinski definition) is 0. The van der Waals surface area contributed by atoms with Crippen LogP contribution in [0.4, 0.5) is 4.39 Å². The van der Waals surface area contributed by atoms with Gasteiger partial charge >= 0.3 is 0 Å². The summed E-state index contributed by atoms with van der Waals surface area (Å²) in [6.07, 6.45) is 12.5. The molecule has 2 saturated carbocycles. The highest BCUT2D eigenvalue weighted by atomic mass is 19.1. The summed E-state index contributed by atoms with van der Waals surface area (Å²) in [5.41, 5.74) is 4.82. The molecule has 1 aliphatic heterocycles. The Kier molecular flexibility index (Phi) is 6.09. The Bertz CT molecular complexity index is 743. The summed E-state index contributed by atoms with van der Waals surface area (Å²) in [6.45, 7) is 13.5. The van der Waals surface area contributed by atoms with E-state index in [1.165, 1.54) is 68.9 Å². The van der Waals surface area contributed by atoms with E-state index in [0.29, 0.717) is 11.3 Å². The van der Waals surface area contributed by atoms with Crippen LogP contribution in [-0.4, -0.2) is 18.0 Å². The normalized spacial score (nSPS) is 29.6. The summed E-state index contributed by atoms with van der Waals surface area (Å²) in [7, 11) is 0. The van der Waals surface area contributed by atoms with Gasteiger partial charge in [0.25, 0.3) is 0 Å². The molecule has 4 rings (SSSR count). The fourth-order valence-electron chi connectivity index (χ4n) is 6.58. The molecule has 2 aliphatic carbocycles. The number of nitrogens with zero attached hydrogens (tertiary/aromatic N) is 1. The summed E-state index contributed by atoms with van der Waals surface area (Å²) in [5, 5.41) is 0. The van der Waals surface area contributed by atoms with Gasteiger partial charge in [-0.05, 0) is 97.8 Å². The maximum atomic E-state index is 15.2. The third-order valence-corrected chi connectivity index (χ3v) is 8.44. The minimum absolute atomic E-state index is 0.0568. The van der Waals surface area contributed by atoms with Crippen LogP contribution in [0.5, 0.6) is 0 Å². The smallest absolute Gasteiger partial charge is 0.132 e. The van der Waals surface area contributed by atoms with Gasteiger partial charge in [-0.25, -0.2) is 4.39 Å². The molecule has 1 aromatic carbocycles. The quantitative estimate of drug-likeness (QED) is 0.437. The van der Waals surface area contributed by atoms with E-state index in [1.807, 2.05) is 6.07 Å². The molecular formula is C27H40FN. The standard InChI is InChI=1S/C27H40FN/c1-5-23-15-19(3)18-27(23,6-2)12-11-22-16-26(28)24(17-25(22)21-9-10-21)20(4)29-13-7-8-14-29/h16-17,19,21,23H,4-15,18H2,1-3H3. The Hall–Kier alpha value is -1.31. The van der Waals surface area contributed by atoms with Gasteiger partial charge in [-0.15, -0.1) is 0 Å². The molecule has 0 aromatic heterocycles. The van der Waals surface area contributed by atoms with Gasteiger partial charge in [0.05, 0.1) is 0 Å². The van der Waals surface area contributed by atoms with E-state index in [-0.39, 0.29) is 5.82 Å². The van der Waals surface area contributed by atoms with Crippen LogP contribution < -0.4 is 0 Å². The number of rotatable bonds is 8. The molecule has 3 unspecified atom stereocenters. The predicted molar refractivity (Wildman–Crippen MR) is 121 cm³/mol. The highest BCUT2D eigenvalue weighted by molar-refractivity contribution is 5.64. The lowest BCUT2D eigenvalue weighted by Gasteiger charge is -2.35. The van der Waals surface area contributed by atoms with Crippen LogP contribution in [0.1, 0.15) is 101 Å². The monoisotopic (exact) mass is 397 g/mol. The molecule has 1 heterocycles. The first-order valence-electron chi connectivity index (χ1n) is 12.2. The summed E-state index contributed by atoms with van der Waals surface area (Å²) in [4.78, 5) is 2.27. The molecular weight excluding hydrogens is 357 g/mol. The Morgan fingerprint density at radius 2 is 1.93 bits per heavy atom. The molecule has 0 bridgehead atoms. The highest BCUT2D eigenvalue weighted by Gasteiger charge is 2.43. The molecule has 2 heteroatoms. The Morgan fingerprint density at radius 3 is 2.55 bits per heavy atom. The maximum Gasteiger partial charge on any atom is 0.132 e. The van der Waals surface area contributed by atoms with Gasteiger partial charge in [0, 0.05) is 24.4 Å². The molecule has 3 fully saturated rings. The molecule has 1 saturated heterocycles. The van der Waals surface area contributed by atoms with Crippen molar-refractivity contribution in [2.24, 2.45) is 17.3 Å². The molecule has 0 N–H and O–H groups in total. The van der Waals surface area contributed by atoms with Gasteiger partial charge < -0.3 is 4.90 Å². The lowest BCUT2D eigenvalue weighted by molar-refractivity contribution is 0.166. The molecule has 0 radical (unpaired) electrons. The SMILES string of the molecule is C=C(c1cc(C2CC2)c(CCC2(CC)CC(C)CC2CC)cc1F)N1CCCC1. The number of hydrogen-bond acceptors (Lipinski definition) is 1. The number of aryl methyl sites for hydroxylation is 1. The topological polar surface area (TPSA) is 3.24 Å². The molecule has 29 heavy (non-hydrogen) atoms. The summed E-state index contributed by atoms with van der Waals surface area (Å²) >= 11 is 0. The van der Waals surface area contributed by atoms with Gasteiger partial charge in [0.1, 0.15) is 5.82 Å². The maximum absolute atomic E-state index is 15.2. The molecule has 1 nitrogen and oxygen atoms in total. The zero-order valence-corrected chi connectivity index (χ0v) is 18.9. The fraction of sp³-hybridized carbons (Fsp3) is 0.704. The van der Waals surface area contributed by atoms with Crippen LogP contribution in [0.15, 0.2) is 18.7 Å². The first kappa shape index (κ1) is 20.9. The molecule has 3 atom stereocenters. The van der Waals surface area contributed by atoms with Crippen LogP contribution in [0.2, 0.25) is 0 Å². The second-order valence-corrected chi connectivity index (χ2v) is 10.3. The van der Waals surface area contributed by atoms with E-state index in [2.05, 4.69) is 38.3 Å². The van der Waals surface area contributed by atoms with Crippen molar-refractivity contribution in [2.45, 2.75) is 90.9 Å². The van der Waals surface area contributed by atoms with Gasteiger partial charge in [0.15, 0.2) is 0 Å². The van der Waals surface area contributed by atoms with Gasteiger partial charge in [-0.2, -0.15) is 0 Å². The van der Waals surface area contributed by atoms with E-state index in [1.54, 1.807) is 0 Å². The van der Waals surface area contributed by atoms with Crippen molar-refractivity contribution in [3.8, 4) is 0 Å². The third-order valence-electron chi connectivity index (χ3n) is 8.44. The second kappa shape index (κ2) is 8.44. The molecule has 0 amide bonds. The number of likely N-dealkylation sites (tertiary alicyclic amines) is 1. The van der Waals surface area contributed by atoms with Gasteiger partial charge in [-0.1, -0.05) is 40.2 Å². The van der Waals surface area contributed by atoms with Crippen molar-refractivity contribution in [3.05, 3.63) is 41.2 Å².